The van der Waals surface area contributed by atoms with Crippen molar-refractivity contribution in [1.29, 1.82) is 0 Å². The summed E-state index contributed by atoms with van der Waals surface area (Å²) in [6.07, 6.45) is 0. The second-order valence-corrected chi connectivity index (χ2v) is 4.76. The zero-order chi connectivity index (χ0) is 14.2. The number of hydrogen-bond acceptors (Lipinski definition) is 1. The lowest BCUT2D eigenvalue weighted by Gasteiger charge is -2.08. The van der Waals surface area contributed by atoms with Crippen LogP contribution in [0.25, 0.3) is 0 Å². The first kappa shape index (κ1) is 13.7. The van der Waals surface area contributed by atoms with Gasteiger partial charge in [-0.1, -0.05) is 17.7 Å². The minimum Gasteiger partial charge on any atom is -0.288 e. The second-order valence-electron chi connectivity index (χ2n) is 4.35. The summed E-state index contributed by atoms with van der Waals surface area (Å²) >= 11 is 5.85. The maximum atomic E-state index is 13.7. The van der Waals surface area contributed by atoms with Crippen molar-refractivity contribution in [2.75, 3.05) is 0 Å². The first-order chi connectivity index (χ1) is 8.91. The number of rotatable bonds is 2. The average Bonchev–Trinajstić information content (AvgIpc) is 2.35. The Hall–Kier alpha value is -1.74. The van der Waals surface area contributed by atoms with E-state index in [0.717, 1.165) is 0 Å². The molecule has 0 fully saturated rings. The molecule has 1 nitrogen and oxygen atoms in total. The summed E-state index contributed by atoms with van der Waals surface area (Å²) in [5.41, 5.74) is 0.726. The second kappa shape index (κ2) is 5.10. The summed E-state index contributed by atoms with van der Waals surface area (Å²) in [7, 11) is 0. The molecule has 0 atom stereocenters. The van der Waals surface area contributed by atoms with E-state index in [-0.39, 0.29) is 22.0 Å². The highest BCUT2D eigenvalue weighted by atomic mass is 35.5. The zero-order valence-electron chi connectivity index (χ0n) is 10.4. The van der Waals surface area contributed by atoms with E-state index in [1.165, 1.54) is 30.3 Å². The van der Waals surface area contributed by atoms with Crippen molar-refractivity contribution < 1.29 is 13.6 Å². The Morgan fingerprint density at radius 3 is 2.21 bits per heavy atom. The Balaban J connectivity index is 2.57. The van der Waals surface area contributed by atoms with Crippen LogP contribution in [0.5, 0.6) is 0 Å². The number of hydrogen-bond donors (Lipinski definition) is 0. The van der Waals surface area contributed by atoms with E-state index in [1.807, 2.05) is 0 Å². The van der Waals surface area contributed by atoms with E-state index in [0.29, 0.717) is 11.1 Å². The SMILES string of the molecule is Cc1cc(C(=O)c2c(F)cccc2Cl)cc(C)c1F. The van der Waals surface area contributed by atoms with Crippen molar-refractivity contribution in [3.63, 3.8) is 0 Å². The van der Waals surface area contributed by atoms with Gasteiger partial charge >= 0.3 is 0 Å². The molecule has 2 rings (SSSR count). The van der Waals surface area contributed by atoms with Crippen molar-refractivity contribution in [2.45, 2.75) is 13.8 Å². The molecule has 19 heavy (non-hydrogen) atoms. The van der Waals surface area contributed by atoms with Gasteiger partial charge in [0.25, 0.3) is 0 Å². The molecule has 0 aliphatic rings. The number of carbonyl (C=O) groups excluding carboxylic acids is 1. The number of ketones is 1. The first-order valence-electron chi connectivity index (χ1n) is 5.67. The standard InChI is InChI=1S/C15H11ClF2O/c1-8-6-10(7-9(2)14(8)18)15(19)13-11(16)4-3-5-12(13)17/h3-7H,1-2H3. The van der Waals surface area contributed by atoms with Gasteiger partial charge in [-0.25, -0.2) is 8.78 Å². The van der Waals surface area contributed by atoms with Crippen molar-refractivity contribution in [3.05, 3.63) is 69.2 Å². The Kier molecular flexibility index (Phi) is 3.67. The van der Waals surface area contributed by atoms with Gasteiger partial charge < -0.3 is 0 Å². The molecule has 98 valence electrons. The molecule has 0 saturated heterocycles. The summed E-state index contributed by atoms with van der Waals surface area (Å²) < 4.78 is 27.2. The van der Waals surface area contributed by atoms with Crippen LogP contribution in [-0.2, 0) is 0 Å². The van der Waals surface area contributed by atoms with Crippen LogP contribution in [-0.4, -0.2) is 5.78 Å². The molecule has 0 aliphatic carbocycles. The van der Waals surface area contributed by atoms with Crippen LogP contribution in [0, 0.1) is 25.5 Å². The number of halogens is 3. The highest BCUT2D eigenvalue weighted by Crippen LogP contribution is 2.24. The Labute approximate surface area is 114 Å². The maximum Gasteiger partial charge on any atom is 0.197 e. The van der Waals surface area contributed by atoms with Gasteiger partial charge in [-0.3, -0.25) is 4.79 Å². The summed E-state index contributed by atoms with van der Waals surface area (Å²) in [6, 6.07) is 6.83. The lowest BCUT2D eigenvalue weighted by molar-refractivity contribution is 0.103. The molecule has 0 spiro atoms. The fourth-order valence-corrected chi connectivity index (χ4v) is 2.18. The summed E-state index contributed by atoms with van der Waals surface area (Å²) in [5.74, 6) is -1.59. The van der Waals surface area contributed by atoms with E-state index in [2.05, 4.69) is 0 Å². The van der Waals surface area contributed by atoms with E-state index in [9.17, 15) is 13.6 Å². The number of carbonyl (C=O) groups is 1. The smallest absolute Gasteiger partial charge is 0.197 e. The molecule has 0 aliphatic heterocycles. The van der Waals surface area contributed by atoms with Crippen LogP contribution >= 0.6 is 11.6 Å². The van der Waals surface area contributed by atoms with Gasteiger partial charge in [0.2, 0.25) is 0 Å². The van der Waals surface area contributed by atoms with Crippen molar-refractivity contribution >= 4 is 17.4 Å². The van der Waals surface area contributed by atoms with Crippen molar-refractivity contribution in [2.24, 2.45) is 0 Å². The van der Waals surface area contributed by atoms with Crippen LogP contribution < -0.4 is 0 Å². The van der Waals surface area contributed by atoms with E-state index in [1.54, 1.807) is 13.8 Å². The summed E-state index contributed by atoms with van der Waals surface area (Å²) in [6.45, 7) is 3.12. The predicted octanol–water partition coefficient (Wildman–Crippen LogP) is 4.47. The third kappa shape index (κ3) is 2.51. The van der Waals surface area contributed by atoms with Gasteiger partial charge in [0.1, 0.15) is 11.6 Å². The van der Waals surface area contributed by atoms with E-state index < -0.39 is 11.6 Å². The average molecular weight is 281 g/mol. The molecule has 0 N–H and O–H groups in total. The minimum absolute atomic E-state index is 0.0460. The molecule has 0 heterocycles. The van der Waals surface area contributed by atoms with Gasteiger partial charge in [0, 0.05) is 5.56 Å². The van der Waals surface area contributed by atoms with Crippen LogP contribution in [0.1, 0.15) is 27.0 Å². The lowest BCUT2D eigenvalue weighted by Crippen LogP contribution is -2.07. The van der Waals surface area contributed by atoms with Gasteiger partial charge in [0.15, 0.2) is 5.78 Å². The molecule has 2 aromatic rings. The fraction of sp³-hybridized carbons (Fsp3) is 0.133. The Morgan fingerprint density at radius 2 is 1.68 bits per heavy atom. The predicted molar refractivity (Wildman–Crippen MR) is 70.7 cm³/mol. The van der Waals surface area contributed by atoms with Gasteiger partial charge in [-0.15, -0.1) is 0 Å². The Morgan fingerprint density at radius 1 is 1.11 bits per heavy atom. The lowest BCUT2D eigenvalue weighted by atomic mass is 9.98. The first-order valence-corrected chi connectivity index (χ1v) is 6.05. The number of benzene rings is 2. The molecule has 4 heteroatoms. The molecular formula is C15H11ClF2O. The minimum atomic E-state index is -0.683. The zero-order valence-corrected chi connectivity index (χ0v) is 11.2. The van der Waals surface area contributed by atoms with Crippen LogP contribution in [0.3, 0.4) is 0 Å². The third-order valence-electron chi connectivity index (χ3n) is 2.89. The summed E-state index contributed by atoms with van der Waals surface area (Å²) in [5, 5.41) is 0.0460. The highest BCUT2D eigenvalue weighted by molar-refractivity contribution is 6.35. The van der Waals surface area contributed by atoms with E-state index >= 15 is 0 Å². The molecule has 0 radical (unpaired) electrons. The third-order valence-corrected chi connectivity index (χ3v) is 3.20. The summed E-state index contributed by atoms with van der Waals surface area (Å²) in [4.78, 5) is 12.3. The molecule has 0 unspecified atom stereocenters. The van der Waals surface area contributed by atoms with Gasteiger partial charge in [0.05, 0.1) is 10.6 Å². The topological polar surface area (TPSA) is 17.1 Å². The monoisotopic (exact) mass is 280 g/mol. The Bertz CT molecular complexity index is 622. The van der Waals surface area contributed by atoms with Gasteiger partial charge in [-0.2, -0.15) is 0 Å². The van der Waals surface area contributed by atoms with E-state index in [4.69, 9.17) is 11.6 Å². The van der Waals surface area contributed by atoms with Crippen LogP contribution in [0.2, 0.25) is 5.02 Å². The molecular weight excluding hydrogens is 270 g/mol. The number of aryl methyl sites for hydroxylation is 2. The van der Waals surface area contributed by atoms with Crippen molar-refractivity contribution in [1.82, 2.24) is 0 Å². The van der Waals surface area contributed by atoms with Crippen LogP contribution in [0.15, 0.2) is 30.3 Å². The van der Waals surface area contributed by atoms with Crippen molar-refractivity contribution in [3.8, 4) is 0 Å². The van der Waals surface area contributed by atoms with Crippen LogP contribution in [0.4, 0.5) is 8.78 Å². The molecule has 0 bridgehead atoms. The normalized spacial score (nSPS) is 10.6. The molecule has 0 saturated carbocycles. The molecule has 0 amide bonds. The maximum absolute atomic E-state index is 13.7. The fourth-order valence-electron chi connectivity index (χ4n) is 1.94. The largest absolute Gasteiger partial charge is 0.288 e. The quantitative estimate of drug-likeness (QED) is 0.742. The molecule has 0 aromatic heterocycles. The molecule has 2 aromatic carbocycles. The van der Waals surface area contributed by atoms with Gasteiger partial charge in [-0.05, 0) is 49.2 Å². The highest BCUT2D eigenvalue weighted by Gasteiger charge is 2.19.